The van der Waals surface area contributed by atoms with Gasteiger partial charge >= 0.3 is 0 Å². The molecule has 2 amide bonds. The molecule has 0 radical (unpaired) electrons. The second-order valence-corrected chi connectivity index (χ2v) is 8.73. The summed E-state index contributed by atoms with van der Waals surface area (Å²) in [5.74, 6) is 1.25. The van der Waals surface area contributed by atoms with E-state index in [-0.39, 0.29) is 24.2 Å². The molecule has 0 bridgehead atoms. The summed E-state index contributed by atoms with van der Waals surface area (Å²) >= 11 is 2.68. The highest BCUT2D eigenvalue weighted by Gasteiger charge is 2.17. The first kappa shape index (κ1) is 23.6. The van der Waals surface area contributed by atoms with Crippen LogP contribution in [0.15, 0.2) is 58.9 Å². The molecule has 0 spiro atoms. The molecule has 1 aromatic heterocycles. The molecule has 7 nitrogen and oxygen atoms in total. The van der Waals surface area contributed by atoms with E-state index in [0.717, 1.165) is 11.3 Å². The third kappa shape index (κ3) is 7.00. The summed E-state index contributed by atoms with van der Waals surface area (Å²) in [6, 6.07) is 16.7. The number of benzene rings is 2. The van der Waals surface area contributed by atoms with E-state index in [0.29, 0.717) is 33.9 Å². The van der Waals surface area contributed by atoms with Gasteiger partial charge in [-0.2, -0.15) is 0 Å². The molecule has 0 saturated carbocycles. The average Bonchev–Trinajstić information content (AvgIpc) is 3.21. The molecule has 0 saturated heterocycles. The van der Waals surface area contributed by atoms with Crippen molar-refractivity contribution in [3.05, 3.63) is 54.6 Å². The lowest BCUT2D eigenvalue weighted by Crippen LogP contribution is -2.24. The normalized spacial score (nSPS) is 10.4. The van der Waals surface area contributed by atoms with Crippen LogP contribution in [0.4, 0.5) is 5.00 Å². The Kier molecular flexibility index (Phi) is 8.94. The number of amides is 2. The molecular formula is C23H25N3O4S2. The topological polar surface area (TPSA) is 89.6 Å². The number of anilines is 1. The minimum Gasteiger partial charge on any atom is -0.494 e. The summed E-state index contributed by atoms with van der Waals surface area (Å²) in [6.45, 7) is 4.83. The Morgan fingerprint density at radius 3 is 2.31 bits per heavy atom. The van der Waals surface area contributed by atoms with Gasteiger partial charge in [0.15, 0.2) is 10.9 Å². The number of ether oxygens (including phenoxy) is 2. The van der Waals surface area contributed by atoms with Gasteiger partial charge in [0.05, 0.1) is 12.4 Å². The fourth-order valence-corrected chi connectivity index (χ4v) is 4.64. The van der Waals surface area contributed by atoms with Gasteiger partial charge in [0.2, 0.25) is 5.91 Å². The summed E-state index contributed by atoms with van der Waals surface area (Å²) in [4.78, 5) is 29.0. The Balaban J connectivity index is 1.66. The van der Waals surface area contributed by atoms with Crippen LogP contribution in [0, 0.1) is 0 Å². The fraction of sp³-hybridized carbons (Fsp3) is 0.261. The first-order valence-electron chi connectivity index (χ1n) is 10.2. The van der Waals surface area contributed by atoms with E-state index < -0.39 is 0 Å². The minimum atomic E-state index is -0.292. The zero-order chi connectivity index (χ0) is 22.8. The number of hydrogen-bond donors (Lipinski definition) is 2. The van der Waals surface area contributed by atoms with Crippen LogP contribution in [0.1, 0.15) is 13.8 Å². The van der Waals surface area contributed by atoms with E-state index in [1.165, 1.54) is 23.1 Å². The molecule has 0 aliphatic heterocycles. The van der Waals surface area contributed by atoms with E-state index in [4.69, 9.17) is 9.47 Å². The Morgan fingerprint density at radius 2 is 1.66 bits per heavy atom. The molecule has 0 unspecified atom stereocenters. The Bertz CT molecular complexity index is 1020. The third-order valence-electron chi connectivity index (χ3n) is 4.11. The summed E-state index contributed by atoms with van der Waals surface area (Å²) in [5, 5.41) is 6.28. The number of carbonyl (C=O) groups is 2. The molecule has 0 aliphatic carbocycles. The largest absolute Gasteiger partial charge is 0.494 e. The van der Waals surface area contributed by atoms with E-state index in [2.05, 4.69) is 15.6 Å². The number of aromatic nitrogens is 1. The van der Waals surface area contributed by atoms with Gasteiger partial charge in [-0.3, -0.25) is 9.59 Å². The monoisotopic (exact) mass is 471 g/mol. The zero-order valence-corrected chi connectivity index (χ0v) is 19.6. The lowest BCUT2D eigenvalue weighted by molar-refractivity contribution is -0.119. The Labute approximate surface area is 195 Å². The molecule has 0 fully saturated rings. The molecule has 3 rings (SSSR count). The maximum atomic E-state index is 12.5. The van der Waals surface area contributed by atoms with Crippen LogP contribution in [0.5, 0.6) is 11.5 Å². The van der Waals surface area contributed by atoms with E-state index >= 15 is 0 Å². The van der Waals surface area contributed by atoms with Crippen LogP contribution < -0.4 is 20.1 Å². The van der Waals surface area contributed by atoms with Gasteiger partial charge in [-0.1, -0.05) is 53.4 Å². The molecule has 3 aromatic rings. The number of thioether (sulfide) groups is 1. The maximum Gasteiger partial charge on any atom is 0.262 e. The van der Waals surface area contributed by atoms with Crippen molar-refractivity contribution in [2.45, 2.75) is 18.2 Å². The SMILES string of the molecule is CCNC(=O)CSc1nc(-c2ccccc2)c(NC(=O)COc2ccc(OCC)cc2)s1. The lowest BCUT2D eigenvalue weighted by Gasteiger charge is -2.08. The predicted octanol–water partition coefficient (Wildman–Crippen LogP) is 4.45. The minimum absolute atomic E-state index is 0.0525. The second kappa shape index (κ2) is 12.1. The van der Waals surface area contributed by atoms with Crippen LogP contribution in [-0.2, 0) is 9.59 Å². The van der Waals surface area contributed by atoms with Gasteiger partial charge in [-0.15, -0.1) is 0 Å². The highest BCUT2D eigenvalue weighted by Crippen LogP contribution is 2.37. The van der Waals surface area contributed by atoms with E-state index in [9.17, 15) is 9.59 Å². The number of nitrogens with zero attached hydrogens (tertiary/aromatic N) is 1. The van der Waals surface area contributed by atoms with Crippen molar-refractivity contribution in [1.29, 1.82) is 0 Å². The Hall–Kier alpha value is -3.04. The van der Waals surface area contributed by atoms with Crippen molar-refractivity contribution < 1.29 is 19.1 Å². The second-order valence-electron chi connectivity index (χ2n) is 6.51. The third-order valence-corrected chi connectivity index (χ3v) is 6.23. The van der Waals surface area contributed by atoms with E-state index in [1.807, 2.05) is 44.2 Å². The van der Waals surface area contributed by atoms with Crippen LogP contribution in [0.25, 0.3) is 11.3 Å². The number of carbonyl (C=O) groups excluding carboxylic acids is 2. The summed E-state index contributed by atoms with van der Waals surface area (Å²) in [6.07, 6.45) is 0. The number of rotatable bonds is 11. The van der Waals surface area contributed by atoms with E-state index in [1.54, 1.807) is 24.3 Å². The van der Waals surface area contributed by atoms with Gasteiger partial charge in [-0.05, 0) is 38.1 Å². The van der Waals surface area contributed by atoms with Crippen LogP contribution in [0.3, 0.4) is 0 Å². The van der Waals surface area contributed by atoms with Gasteiger partial charge in [0, 0.05) is 12.1 Å². The fourth-order valence-electron chi connectivity index (χ4n) is 2.72. The summed E-state index contributed by atoms with van der Waals surface area (Å²) in [7, 11) is 0. The van der Waals surface area contributed by atoms with Crippen molar-refractivity contribution >= 4 is 39.9 Å². The zero-order valence-electron chi connectivity index (χ0n) is 17.9. The standard InChI is InChI=1S/C23H25N3O4S2/c1-3-24-20(28)15-31-23-26-21(16-8-6-5-7-9-16)22(32-23)25-19(27)14-30-18-12-10-17(11-13-18)29-4-2/h5-13H,3-4,14-15H2,1-2H3,(H,24,28)(H,25,27). The van der Waals surface area contributed by atoms with Crippen molar-refractivity contribution in [3.8, 4) is 22.8 Å². The Morgan fingerprint density at radius 1 is 0.969 bits per heavy atom. The molecule has 0 atom stereocenters. The van der Waals surface area contributed by atoms with Gasteiger partial charge < -0.3 is 20.1 Å². The van der Waals surface area contributed by atoms with Gasteiger partial charge in [-0.25, -0.2) is 4.98 Å². The maximum absolute atomic E-state index is 12.5. The highest BCUT2D eigenvalue weighted by atomic mass is 32.2. The molecule has 32 heavy (non-hydrogen) atoms. The summed E-state index contributed by atoms with van der Waals surface area (Å²) < 4.78 is 11.7. The summed E-state index contributed by atoms with van der Waals surface area (Å²) in [5.41, 5.74) is 1.56. The predicted molar refractivity (Wildman–Crippen MR) is 129 cm³/mol. The van der Waals surface area contributed by atoms with Crippen LogP contribution in [-0.4, -0.2) is 42.3 Å². The van der Waals surface area contributed by atoms with Gasteiger partial charge in [0.1, 0.15) is 22.2 Å². The van der Waals surface area contributed by atoms with Crippen molar-refractivity contribution in [3.63, 3.8) is 0 Å². The molecule has 9 heteroatoms. The number of hydrogen-bond acceptors (Lipinski definition) is 7. The highest BCUT2D eigenvalue weighted by molar-refractivity contribution is 8.01. The molecule has 168 valence electrons. The number of thiazole rings is 1. The molecular weight excluding hydrogens is 446 g/mol. The molecule has 0 aliphatic rings. The smallest absolute Gasteiger partial charge is 0.262 e. The quantitative estimate of drug-likeness (QED) is 0.402. The average molecular weight is 472 g/mol. The molecule has 1 heterocycles. The van der Waals surface area contributed by atoms with Crippen LogP contribution in [0.2, 0.25) is 0 Å². The lowest BCUT2D eigenvalue weighted by atomic mass is 10.2. The van der Waals surface area contributed by atoms with Gasteiger partial charge in [0.25, 0.3) is 5.91 Å². The van der Waals surface area contributed by atoms with Crippen LogP contribution >= 0.6 is 23.1 Å². The molecule has 2 aromatic carbocycles. The molecule has 2 N–H and O–H groups in total. The first-order chi connectivity index (χ1) is 15.6. The number of nitrogens with one attached hydrogen (secondary N) is 2. The van der Waals surface area contributed by atoms with Crippen molar-refractivity contribution in [2.75, 3.05) is 30.8 Å². The van der Waals surface area contributed by atoms with Crippen molar-refractivity contribution in [1.82, 2.24) is 10.3 Å². The van der Waals surface area contributed by atoms with Crippen molar-refractivity contribution in [2.24, 2.45) is 0 Å². The first-order valence-corrected chi connectivity index (χ1v) is 12.0.